The van der Waals surface area contributed by atoms with E-state index in [2.05, 4.69) is 31.2 Å². The molecule has 2 unspecified atom stereocenters. The van der Waals surface area contributed by atoms with Crippen molar-refractivity contribution in [1.29, 1.82) is 0 Å². The molecule has 0 radical (unpaired) electrons. The molecule has 1 spiro atoms. The Balaban J connectivity index is 1.62. The Morgan fingerprint density at radius 3 is 2.95 bits per heavy atom. The molecule has 1 aromatic carbocycles. The predicted octanol–water partition coefficient (Wildman–Crippen LogP) is 3.25. The molecule has 1 saturated heterocycles. The lowest BCUT2D eigenvalue weighted by Gasteiger charge is -2.48. The summed E-state index contributed by atoms with van der Waals surface area (Å²) in [5.41, 5.74) is 2.66. The Morgan fingerprint density at radius 1 is 1.42 bits per heavy atom. The molecule has 1 N–H and O–H groups in total. The molecule has 19 heavy (non-hydrogen) atoms. The third-order valence-electron chi connectivity index (χ3n) is 4.87. The van der Waals surface area contributed by atoms with Crippen LogP contribution in [0.25, 0.3) is 0 Å². The fourth-order valence-corrected chi connectivity index (χ4v) is 3.56. The zero-order chi connectivity index (χ0) is 13.3. The Bertz CT molecular complexity index is 437. The van der Waals surface area contributed by atoms with Gasteiger partial charge in [0.1, 0.15) is 0 Å². The molecule has 0 aromatic heterocycles. The lowest BCUT2D eigenvalue weighted by Crippen LogP contribution is -2.48. The van der Waals surface area contributed by atoms with Crippen molar-refractivity contribution in [2.24, 2.45) is 5.92 Å². The Morgan fingerprint density at radius 2 is 2.26 bits per heavy atom. The van der Waals surface area contributed by atoms with Crippen LogP contribution in [0.2, 0.25) is 0 Å². The molecule has 2 nitrogen and oxygen atoms in total. The summed E-state index contributed by atoms with van der Waals surface area (Å²) in [5, 5.41) is 10.5. The summed E-state index contributed by atoms with van der Waals surface area (Å²) in [6.45, 7) is 2.93. The van der Waals surface area contributed by atoms with Gasteiger partial charge in [-0.3, -0.25) is 0 Å². The quantitative estimate of drug-likeness (QED) is 0.904. The maximum atomic E-state index is 10.5. The summed E-state index contributed by atoms with van der Waals surface area (Å²) in [6, 6.07) is 8.48. The molecule has 1 saturated carbocycles. The van der Waals surface area contributed by atoms with Crippen LogP contribution in [0.3, 0.4) is 0 Å². The highest BCUT2D eigenvalue weighted by Crippen LogP contribution is 2.45. The summed E-state index contributed by atoms with van der Waals surface area (Å²) in [5.74, 6) is 0.412. The van der Waals surface area contributed by atoms with Gasteiger partial charge in [-0.25, -0.2) is 0 Å². The highest BCUT2D eigenvalue weighted by molar-refractivity contribution is 5.22. The van der Waals surface area contributed by atoms with Gasteiger partial charge in [0.2, 0.25) is 0 Å². The molecular formula is C17H24O2. The average molecular weight is 260 g/mol. The first-order valence-corrected chi connectivity index (χ1v) is 7.54. The van der Waals surface area contributed by atoms with Crippen LogP contribution in [0.1, 0.15) is 43.2 Å². The highest BCUT2D eigenvalue weighted by atomic mass is 16.5. The average Bonchev–Trinajstić information content (AvgIpc) is 2.37. The molecule has 0 bridgehead atoms. The molecule has 104 valence electrons. The van der Waals surface area contributed by atoms with E-state index in [1.165, 1.54) is 30.4 Å². The zero-order valence-corrected chi connectivity index (χ0v) is 11.8. The standard InChI is InChI=1S/C17H24O2/c1-13-4-2-5-14(10-13)11-16(18)15-6-9-19-17(12-15)7-3-8-17/h2,4-5,10,15-16,18H,3,6-9,11-12H2,1H3. The number of aliphatic hydroxyl groups excluding tert-OH is 1. The molecule has 2 heteroatoms. The van der Waals surface area contributed by atoms with Gasteiger partial charge in [-0.1, -0.05) is 29.8 Å². The van der Waals surface area contributed by atoms with E-state index in [9.17, 15) is 5.11 Å². The van der Waals surface area contributed by atoms with Crippen molar-refractivity contribution >= 4 is 0 Å². The van der Waals surface area contributed by atoms with Gasteiger partial charge >= 0.3 is 0 Å². The monoisotopic (exact) mass is 260 g/mol. The lowest BCUT2D eigenvalue weighted by molar-refractivity contribution is -0.156. The van der Waals surface area contributed by atoms with Crippen molar-refractivity contribution in [3.8, 4) is 0 Å². The molecule has 1 aromatic rings. The van der Waals surface area contributed by atoms with Crippen LogP contribution in [0.15, 0.2) is 24.3 Å². The largest absolute Gasteiger partial charge is 0.392 e. The number of rotatable bonds is 3. The molecule has 1 aliphatic heterocycles. The number of hydrogen-bond acceptors (Lipinski definition) is 2. The highest BCUT2D eigenvalue weighted by Gasteiger charge is 2.43. The van der Waals surface area contributed by atoms with Gasteiger partial charge in [-0.15, -0.1) is 0 Å². The third kappa shape index (κ3) is 2.85. The van der Waals surface area contributed by atoms with E-state index in [1.807, 2.05) is 0 Å². The van der Waals surface area contributed by atoms with E-state index in [4.69, 9.17) is 4.74 Å². The number of aliphatic hydroxyl groups is 1. The minimum absolute atomic E-state index is 0.135. The molecule has 2 fully saturated rings. The van der Waals surface area contributed by atoms with Gasteiger partial charge in [0.05, 0.1) is 11.7 Å². The minimum Gasteiger partial charge on any atom is -0.392 e. The molecule has 1 aliphatic carbocycles. The normalized spacial score (nSPS) is 26.9. The number of aryl methyl sites for hydroxylation is 1. The molecule has 2 aliphatic rings. The van der Waals surface area contributed by atoms with Crippen molar-refractivity contribution in [1.82, 2.24) is 0 Å². The molecule has 3 rings (SSSR count). The molecule has 2 atom stereocenters. The minimum atomic E-state index is -0.219. The first-order valence-electron chi connectivity index (χ1n) is 7.54. The SMILES string of the molecule is Cc1cccc(CC(O)C2CCOC3(CCC3)C2)c1. The third-order valence-corrected chi connectivity index (χ3v) is 4.87. The summed E-state index contributed by atoms with van der Waals surface area (Å²) < 4.78 is 5.94. The topological polar surface area (TPSA) is 29.5 Å². The van der Waals surface area contributed by atoms with Gasteiger partial charge in [0.15, 0.2) is 0 Å². The van der Waals surface area contributed by atoms with Gasteiger partial charge in [0, 0.05) is 6.61 Å². The fourth-order valence-electron chi connectivity index (χ4n) is 3.56. The maximum Gasteiger partial charge on any atom is 0.0686 e. The van der Waals surface area contributed by atoms with Crippen molar-refractivity contribution in [3.63, 3.8) is 0 Å². The van der Waals surface area contributed by atoms with Crippen molar-refractivity contribution in [2.45, 2.75) is 57.2 Å². The van der Waals surface area contributed by atoms with Crippen LogP contribution < -0.4 is 0 Å². The van der Waals surface area contributed by atoms with Crippen molar-refractivity contribution in [3.05, 3.63) is 35.4 Å². The Labute approximate surface area is 115 Å². The van der Waals surface area contributed by atoms with Crippen LogP contribution in [0.5, 0.6) is 0 Å². The van der Waals surface area contributed by atoms with Crippen LogP contribution in [-0.4, -0.2) is 23.4 Å². The molecule has 1 heterocycles. The van der Waals surface area contributed by atoms with Gasteiger partial charge < -0.3 is 9.84 Å². The van der Waals surface area contributed by atoms with E-state index in [-0.39, 0.29) is 11.7 Å². The van der Waals surface area contributed by atoms with Crippen molar-refractivity contribution in [2.75, 3.05) is 6.61 Å². The van der Waals surface area contributed by atoms with E-state index in [0.717, 1.165) is 25.9 Å². The van der Waals surface area contributed by atoms with Crippen LogP contribution >= 0.6 is 0 Å². The second kappa shape index (κ2) is 5.26. The van der Waals surface area contributed by atoms with E-state index < -0.39 is 0 Å². The Hall–Kier alpha value is -0.860. The van der Waals surface area contributed by atoms with E-state index >= 15 is 0 Å². The number of benzene rings is 1. The summed E-state index contributed by atoms with van der Waals surface area (Å²) >= 11 is 0. The summed E-state index contributed by atoms with van der Waals surface area (Å²) in [6.07, 6.45) is 6.31. The first kappa shape index (κ1) is 13.1. The zero-order valence-electron chi connectivity index (χ0n) is 11.8. The van der Waals surface area contributed by atoms with Gasteiger partial charge in [-0.2, -0.15) is 0 Å². The van der Waals surface area contributed by atoms with E-state index in [1.54, 1.807) is 0 Å². The van der Waals surface area contributed by atoms with Gasteiger partial charge in [0.25, 0.3) is 0 Å². The Kier molecular flexibility index (Phi) is 3.64. The van der Waals surface area contributed by atoms with Crippen LogP contribution in [0, 0.1) is 12.8 Å². The first-order chi connectivity index (χ1) is 9.17. The van der Waals surface area contributed by atoms with Crippen molar-refractivity contribution < 1.29 is 9.84 Å². The predicted molar refractivity (Wildman–Crippen MR) is 76.1 cm³/mol. The number of ether oxygens (including phenoxy) is 1. The summed E-state index contributed by atoms with van der Waals surface area (Å²) in [4.78, 5) is 0. The van der Waals surface area contributed by atoms with E-state index in [0.29, 0.717) is 5.92 Å². The summed E-state index contributed by atoms with van der Waals surface area (Å²) in [7, 11) is 0. The lowest BCUT2D eigenvalue weighted by atomic mass is 9.70. The van der Waals surface area contributed by atoms with Crippen LogP contribution in [0.4, 0.5) is 0 Å². The maximum absolute atomic E-state index is 10.5. The molecular weight excluding hydrogens is 236 g/mol. The smallest absolute Gasteiger partial charge is 0.0686 e. The number of hydrogen-bond donors (Lipinski definition) is 1. The van der Waals surface area contributed by atoms with Crippen LogP contribution in [-0.2, 0) is 11.2 Å². The second-order valence-electron chi connectivity index (χ2n) is 6.40. The molecule has 0 amide bonds. The fraction of sp³-hybridized carbons (Fsp3) is 0.647. The van der Waals surface area contributed by atoms with Gasteiger partial charge in [-0.05, 0) is 56.9 Å². The second-order valence-corrected chi connectivity index (χ2v) is 6.40.